The minimum atomic E-state index is -0.799. The fourth-order valence-corrected chi connectivity index (χ4v) is 3.08. The Kier molecular flexibility index (Phi) is 9.33. The molecule has 2 atom stereocenters. The zero-order valence-corrected chi connectivity index (χ0v) is 14.1. The molecule has 0 aromatic heterocycles. The summed E-state index contributed by atoms with van der Waals surface area (Å²) >= 11 is 0. The van der Waals surface area contributed by atoms with Gasteiger partial charge in [-0.3, -0.25) is 14.4 Å². The molecule has 132 valence electrons. The van der Waals surface area contributed by atoms with Gasteiger partial charge in [-0.25, -0.2) is 0 Å². The summed E-state index contributed by atoms with van der Waals surface area (Å²) in [5.74, 6) is -1.35. The van der Waals surface area contributed by atoms with Gasteiger partial charge in [0.25, 0.3) is 0 Å². The number of carbonyl (C=O) groups is 3. The number of amides is 2. The number of hydrogen-bond donors (Lipinski definition) is 3. The maximum atomic E-state index is 12.0. The van der Waals surface area contributed by atoms with Crippen LogP contribution in [0.15, 0.2) is 0 Å². The fourth-order valence-electron chi connectivity index (χ4n) is 3.08. The summed E-state index contributed by atoms with van der Waals surface area (Å²) in [5.41, 5.74) is 0. The molecule has 2 unspecified atom stereocenters. The molecule has 0 radical (unpaired) electrons. The third kappa shape index (κ3) is 8.57. The second-order valence-electron chi connectivity index (χ2n) is 6.40. The highest BCUT2D eigenvalue weighted by Crippen LogP contribution is 2.23. The third-order valence-electron chi connectivity index (χ3n) is 4.38. The van der Waals surface area contributed by atoms with Gasteiger partial charge in [-0.2, -0.15) is 0 Å². The van der Waals surface area contributed by atoms with Crippen molar-refractivity contribution in [3.8, 4) is 0 Å². The molecule has 0 aromatic carbocycles. The van der Waals surface area contributed by atoms with Crippen LogP contribution in [0.25, 0.3) is 0 Å². The predicted molar refractivity (Wildman–Crippen MR) is 87.9 cm³/mol. The van der Waals surface area contributed by atoms with E-state index in [1.807, 2.05) is 0 Å². The third-order valence-corrected chi connectivity index (χ3v) is 4.38. The second kappa shape index (κ2) is 11.0. The van der Waals surface area contributed by atoms with Crippen molar-refractivity contribution in [3.63, 3.8) is 0 Å². The lowest BCUT2D eigenvalue weighted by atomic mass is 9.86. The van der Waals surface area contributed by atoms with Crippen LogP contribution >= 0.6 is 0 Å². The quantitative estimate of drug-likeness (QED) is 0.596. The van der Waals surface area contributed by atoms with Crippen LogP contribution in [0, 0.1) is 5.92 Å². The van der Waals surface area contributed by atoms with Gasteiger partial charge in [-0.15, -0.1) is 0 Å². The van der Waals surface area contributed by atoms with Gasteiger partial charge in [0.1, 0.15) is 0 Å². The van der Waals surface area contributed by atoms with Gasteiger partial charge in [-0.05, 0) is 25.7 Å². The summed E-state index contributed by atoms with van der Waals surface area (Å²) in [6.45, 7) is 2.13. The molecule has 6 nitrogen and oxygen atoms in total. The Balaban J connectivity index is 2.29. The van der Waals surface area contributed by atoms with E-state index in [9.17, 15) is 19.5 Å². The molecule has 0 spiro atoms. The van der Waals surface area contributed by atoms with Crippen molar-refractivity contribution in [2.75, 3.05) is 6.54 Å². The summed E-state index contributed by atoms with van der Waals surface area (Å²) in [4.78, 5) is 34.2. The number of rotatable bonds is 8. The number of carboxylic acids is 1. The highest BCUT2D eigenvalue weighted by Gasteiger charge is 2.29. The molecule has 1 aliphatic rings. The summed E-state index contributed by atoms with van der Waals surface area (Å²) in [5, 5.41) is 15.0. The molecule has 1 rings (SSSR count). The van der Waals surface area contributed by atoms with Gasteiger partial charge < -0.3 is 15.7 Å². The van der Waals surface area contributed by atoms with E-state index in [0.717, 1.165) is 51.4 Å². The van der Waals surface area contributed by atoms with Crippen LogP contribution in [-0.2, 0) is 14.4 Å². The first-order valence-electron chi connectivity index (χ1n) is 8.77. The summed E-state index contributed by atoms with van der Waals surface area (Å²) < 4.78 is 0. The highest BCUT2D eigenvalue weighted by molar-refractivity contribution is 5.78. The van der Waals surface area contributed by atoms with Crippen molar-refractivity contribution < 1.29 is 19.5 Å². The monoisotopic (exact) mass is 326 g/mol. The van der Waals surface area contributed by atoms with Crippen LogP contribution in [0.3, 0.4) is 0 Å². The maximum Gasteiger partial charge on any atom is 0.308 e. The van der Waals surface area contributed by atoms with Crippen molar-refractivity contribution in [1.29, 1.82) is 0 Å². The SMILES string of the molecule is CC(=O)NCCCCCC(=O)NC1CCCCCCC1C(=O)O. The van der Waals surface area contributed by atoms with Crippen molar-refractivity contribution in [2.45, 2.75) is 77.2 Å². The van der Waals surface area contributed by atoms with E-state index >= 15 is 0 Å². The van der Waals surface area contributed by atoms with Crippen molar-refractivity contribution >= 4 is 17.8 Å². The van der Waals surface area contributed by atoms with E-state index < -0.39 is 11.9 Å². The lowest BCUT2D eigenvalue weighted by Crippen LogP contribution is -2.43. The van der Waals surface area contributed by atoms with Crippen LogP contribution in [0.5, 0.6) is 0 Å². The number of aliphatic carboxylic acids is 1. The summed E-state index contributed by atoms with van der Waals surface area (Å²) in [6.07, 6.45) is 8.41. The summed E-state index contributed by atoms with van der Waals surface area (Å²) in [6, 6.07) is -0.236. The molecule has 0 heterocycles. The Labute approximate surface area is 138 Å². The molecule has 0 saturated heterocycles. The predicted octanol–water partition coefficient (Wildman–Crippen LogP) is 2.22. The first-order valence-corrected chi connectivity index (χ1v) is 8.77. The molecule has 2 amide bonds. The van der Waals surface area contributed by atoms with Gasteiger partial charge in [-0.1, -0.05) is 32.1 Å². The first kappa shape index (κ1) is 19.5. The normalized spacial score (nSPS) is 21.8. The zero-order chi connectivity index (χ0) is 17.1. The van der Waals surface area contributed by atoms with Crippen LogP contribution in [0.2, 0.25) is 0 Å². The average Bonchev–Trinajstić information content (AvgIpc) is 2.45. The number of carbonyl (C=O) groups excluding carboxylic acids is 2. The number of hydrogen-bond acceptors (Lipinski definition) is 3. The first-order chi connectivity index (χ1) is 11.0. The zero-order valence-electron chi connectivity index (χ0n) is 14.1. The van der Waals surface area contributed by atoms with Gasteiger partial charge >= 0.3 is 5.97 Å². The number of carboxylic acid groups (broad SMARTS) is 1. The molecule has 6 heteroatoms. The second-order valence-corrected chi connectivity index (χ2v) is 6.40. The lowest BCUT2D eigenvalue weighted by molar-refractivity contribution is -0.143. The Morgan fingerprint density at radius 3 is 2.35 bits per heavy atom. The van der Waals surface area contributed by atoms with E-state index in [1.165, 1.54) is 6.92 Å². The fraction of sp³-hybridized carbons (Fsp3) is 0.824. The van der Waals surface area contributed by atoms with Gasteiger partial charge in [0.05, 0.1) is 5.92 Å². The number of nitrogens with one attached hydrogen (secondary N) is 2. The summed E-state index contributed by atoms with van der Waals surface area (Å²) in [7, 11) is 0. The van der Waals surface area contributed by atoms with Crippen LogP contribution < -0.4 is 10.6 Å². The Bertz CT molecular complexity index is 398. The van der Waals surface area contributed by atoms with Gasteiger partial charge in [0.2, 0.25) is 11.8 Å². The largest absolute Gasteiger partial charge is 0.481 e. The van der Waals surface area contributed by atoms with Crippen LogP contribution in [0.4, 0.5) is 0 Å². The molecular weight excluding hydrogens is 296 g/mol. The van der Waals surface area contributed by atoms with E-state index in [0.29, 0.717) is 19.4 Å². The van der Waals surface area contributed by atoms with Gasteiger partial charge in [0.15, 0.2) is 0 Å². The molecule has 1 fully saturated rings. The smallest absolute Gasteiger partial charge is 0.308 e. The topological polar surface area (TPSA) is 95.5 Å². The van der Waals surface area contributed by atoms with Crippen molar-refractivity contribution in [2.24, 2.45) is 5.92 Å². The Hall–Kier alpha value is -1.59. The molecule has 1 aliphatic carbocycles. The van der Waals surface area contributed by atoms with E-state index in [1.54, 1.807) is 0 Å². The molecule has 1 saturated carbocycles. The molecule has 23 heavy (non-hydrogen) atoms. The van der Waals surface area contributed by atoms with Crippen molar-refractivity contribution in [1.82, 2.24) is 10.6 Å². The lowest BCUT2D eigenvalue weighted by Gasteiger charge is -2.27. The van der Waals surface area contributed by atoms with Gasteiger partial charge in [0, 0.05) is 25.9 Å². The molecule has 0 aliphatic heterocycles. The van der Waals surface area contributed by atoms with Crippen LogP contribution in [-0.4, -0.2) is 35.5 Å². The average molecular weight is 326 g/mol. The van der Waals surface area contributed by atoms with E-state index in [-0.39, 0.29) is 17.9 Å². The Morgan fingerprint density at radius 2 is 1.70 bits per heavy atom. The van der Waals surface area contributed by atoms with Crippen molar-refractivity contribution in [3.05, 3.63) is 0 Å². The maximum absolute atomic E-state index is 12.0. The molecule has 0 aromatic rings. The van der Waals surface area contributed by atoms with Crippen LogP contribution in [0.1, 0.15) is 71.1 Å². The van der Waals surface area contributed by atoms with E-state index in [4.69, 9.17) is 0 Å². The number of unbranched alkanes of at least 4 members (excludes halogenated alkanes) is 2. The van der Waals surface area contributed by atoms with E-state index in [2.05, 4.69) is 10.6 Å². The molecular formula is C17H30N2O4. The molecule has 3 N–H and O–H groups in total. The Morgan fingerprint density at radius 1 is 1.00 bits per heavy atom. The minimum absolute atomic E-state index is 0.0354. The minimum Gasteiger partial charge on any atom is -0.481 e. The highest BCUT2D eigenvalue weighted by atomic mass is 16.4. The standard InChI is InChI=1S/C17H30N2O4/c1-13(20)18-12-8-4-7-11-16(21)19-15-10-6-3-2-5-9-14(15)17(22)23/h14-15H,2-12H2,1H3,(H,18,20)(H,19,21)(H,22,23). The molecule has 0 bridgehead atoms.